The summed E-state index contributed by atoms with van der Waals surface area (Å²) in [7, 11) is 1.28. The van der Waals surface area contributed by atoms with E-state index in [0.29, 0.717) is 5.56 Å². The van der Waals surface area contributed by atoms with Crippen molar-refractivity contribution in [3.8, 4) is 5.75 Å². The Morgan fingerprint density at radius 2 is 1.73 bits per heavy atom. The maximum atomic E-state index is 13.1. The van der Waals surface area contributed by atoms with Crippen molar-refractivity contribution in [2.45, 2.75) is 6.04 Å². The smallest absolute Gasteiger partial charge is 0.339 e. The first kappa shape index (κ1) is 20.5. The standard InChI is InChI=1S/C20H17FN4O5/c1-30-17-12(20(28)29)7-9-14-15(17)13(8-4-10-2-5-11(21)6-3-10)24-25(14)16(18(22)26)19(23)27/h2-9,16H,1H3,(H2,22,26)(H2,23,27)(H,28,29). The van der Waals surface area contributed by atoms with E-state index < -0.39 is 29.6 Å². The molecule has 2 amide bonds. The highest BCUT2D eigenvalue weighted by molar-refractivity contribution is 6.06. The molecule has 2 aromatic carbocycles. The predicted molar refractivity (Wildman–Crippen MR) is 106 cm³/mol. The van der Waals surface area contributed by atoms with E-state index in [2.05, 4.69) is 5.10 Å². The van der Waals surface area contributed by atoms with E-state index in [9.17, 15) is 23.9 Å². The van der Waals surface area contributed by atoms with Gasteiger partial charge < -0.3 is 21.3 Å². The number of rotatable bonds is 7. The van der Waals surface area contributed by atoms with Crippen molar-refractivity contribution in [3.63, 3.8) is 0 Å². The number of hydrogen-bond acceptors (Lipinski definition) is 5. The molecule has 1 aromatic heterocycles. The third-order valence-corrected chi connectivity index (χ3v) is 4.38. The van der Waals surface area contributed by atoms with Crippen LogP contribution in [0.1, 0.15) is 27.7 Å². The summed E-state index contributed by atoms with van der Waals surface area (Å²) in [5.41, 5.74) is 11.5. The van der Waals surface area contributed by atoms with Gasteiger partial charge in [-0.05, 0) is 35.9 Å². The van der Waals surface area contributed by atoms with Crippen LogP contribution in [0, 0.1) is 5.82 Å². The lowest BCUT2D eigenvalue weighted by molar-refractivity contribution is -0.130. The summed E-state index contributed by atoms with van der Waals surface area (Å²) in [5.74, 6) is -3.71. The van der Waals surface area contributed by atoms with Gasteiger partial charge in [-0.3, -0.25) is 9.59 Å². The Morgan fingerprint density at radius 1 is 1.10 bits per heavy atom. The summed E-state index contributed by atoms with van der Waals surface area (Å²) in [6.45, 7) is 0. The number of nitrogens with zero attached hydrogens (tertiary/aromatic N) is 2. The zero-order chi connectivity index (χ0) is 22.0. The second-order valence-corrected chi connectivity index (χ2v) is 6.27. The summed E-state index contributed by atoms with van der Waals surface area (Å²) in [6.07, 6.45) is 3.11. The monoisotopic (exact) mass is 412 g/mol. The number of ether oxygens (including phenoxy) is 1. The van der Waals surface area contributed by atoms with Gasteiger partial charge in [0.05, 0.1) is 23.7 Å². The average molecular weight is 412 g/mol. The van der Waals surface area contributed by atoms with E-state index in [4.69, 9.17) is 16.2 Å². The first-order valence-electron chi connectivity index (χ1n) is 8.59. The average Bonchev–Trinajstić information content (AvgIpc) is 3.04. The fourth-order valence-electron chi connectivity index (χ4n) is 3.05. The molecule has 30 heavy (non-hydrogen) atoms. The molecule has 10 heteroatoms. The Balaban J connectivity index is 2.29. The zero-order valence-corrected chi connectivity index (χ0v) is 15.7. The molecule has 0 aliphatic rings. The minimum Gasteiger partial charge on any atom is -0.495 e. The number of carbonyl (C=O) groups excluding carboxylic acids is 2. The van der Waals surface area contributed by atoms with Gasteiger partial charge >= 0.3 is 5.97 Å². The molecule has 1 heterocycles. The molecule has 3 rings (SSSR count). The summed E-state index contributed by atoms with van der Waals surface area (Å²) >= 11 is 0. The van der Waals surface area contributed by atoms with Crippen molar-refractivity contribution < 1.29 is 28.6 Å². The zero-order valence-electron chi connectivity index (χ0n) is 15.7. The van der Waals surface area contributed by atoms with Crippen LogP contribution in [0.5, 0.6) is 5.75 Å². The van der Waals surface area contributed by atoms with Crippen LogP contribution in [-0.2, 0) is 9.59 Å². The highest BCUT2D eigenvalue weighted by Gasteiger charge is 2.29. The molecule has 3 aromatic rings. The number of amides is 2. The highest BCUT2D eigenvalue weighted by Crippen LogP contribution is 2.35. The lowest BCUT2D eigenvalue weighted by Crippen LogP contribution is -2.37. The molecular weight excluding hydrogens is 395 g/mol. The fraction of sp³-hybridized carbons (Fsp3) is 0.100. The third-order valence-electron chi connectivity index (χ3n) is 4.38. The molecule has 0 unspecified atom stereocenters. The van der Waals surface area contributed by atoms with E-state index in [1.807, 2.05) is 0 Å². The first-order chi connectivity index (χ1) is 14.2. The number of fused-ring (bicyclic) bond motifs is 1. The fourth-order valence-corrected chi connectivity index (χ4v) is 3.05. The number of aromatic nitrogens is 2. The number of hydrogen-bond donors (Lipinski definition) is 3. The van der Waals surface area contributed by atoms with E-state index in [1.165, 1.54) is 49.6 Å². The molecule has 9 nitrogen and oxygen atoms in total. The van der Waals surface area contributed by atoms with Crippen LogP contribution in [0.3, 0.4) is 0 Å². The van der Waals surface area contributed by atoms with Crippen molar-refractivity contribution in [2.24, 2.45) is 11.5 Å². The number of nitrogens with two attached hydrogens (primary N) is 2. The van der Waals surface area contributed by atoms with Crippen molar-refractivity contribution in [3.05, 3.63) is 59.0 Å². The van der Waals surface area contributed by atoms with Crippen LogP contribution in [-0.4, -0.2) is 39.8 Å². The van der Waals surface area contributed by atoms with E-state index in [-0.39, 0.29) is 27.9 Å². The Bertz CT molecular complexity index is 1170. The summed E-state index contributed by atoms with van der Waals surface area (Å²) in [4.78, 5) is 35.2. The maximum Gasteiger partial charge on any atom is 0.339 e. The number of primary amides is 2. The van der Waals surface area contributed by atoms with Gasteiger partial charge in [0, 0.05) is 0 Å². The molecule has 0 bridgehead atoms. The Labute approximate surface area is 169 Å². The van der Waals surface area contributed by atoms with Crippen molar-refractivity contribution in [2.75, 3.05) is 7.11 Å². The van der Waals surface area contributed by atoms with Crippen molar-refractivity contribution in [1.29, 1.82) is 0 Å². The topological polar surface area (TPSA) is 151 Å². The van der Waals surface area contributed by atoms with Crippen LogP contribution in [0.2, 0.25) is 0 Å². The molecule has 154 valence electrons. The number of methoxy groups -OCH3 is 1. The number of halogens is 1. The van der Waals surface area contributed by atoms with Crippen LogP contribution in [0.25, 0.3) is 23.1 Å². The second kappa shape index (κ2) is 8.03. The minimum absolute atomic E-state index is 0.0160. The maximum absolute atomic E-state index is 13.1. The van der Waals surface area contributed by atoms with Gasteiger partial charge in [-0.2, -0.15) is 5.10 Å². The molecule has 0 spiro atoms. The van der Waals surface area contributed by atoms with E-state index in [0.717, 1.165) is 4.68 Å². The third kappa shape index (κ3) is 3.70. The van der Waals surface area contributed by atoms with Crippen LogP contribution < -0.4 is 16.2 Å². The second-order valence-electron chi connectivity index (χ2n) is 6.27. The van der Waals surface area contributed by atoms with E-state index >= 15 is 0 Å². The largest absolute Gasteiger partial charge is 0.495 e. The molecule has 0 saturated heterocycles. The predicted octanol–water partition coefficient (Wildman–Crippen LogP) is 1.56. The van der Waals surface area contributed by atoms with Gasteiger partial charge in [-0.1, -0.05) is 18.2 Å². The number of benzene rings is 2. The molecule has 0 saturated carbocycles. The summed E-state index contributed by atoms with van der Waals surface area (Å²) in [6, 6.07) is 6.64. The lowest BCUT2D eigenvalue weighted by atomic mass is 10.1. The SMILES string of the molecule is COc1c(C(=O)O)ccc2c1c(C=Cc1ccc(F)cc1)nn2C(C(N)=O)C(N)=O. The van der Waals surface area contributed by atoms with Crippen LogP contribution in [0.15, 0.2) is 36.4 Å². The number of carboxylic acids is 1. The lowest BCUT2D eigenvalue weighted by Gasteiger charge is -2.12. The van der Waals surface area contributed by atoms with Gasteiger partial charge in [0.1, 0.15) is 17.1 Å². The Kier molecular flexibility index (Phi) is 5.50. The normalized spacial score (nSPS) is 11.3. The Morgan fingerprint density at radius 3 is 2.27 bits per heavy atom. The number of carbonyl (C=O) groups is 3. The van der Waals surface area contributed by atoms with Gasteiger partial charge in [-0.25, -0.2) is 13.9 Å². The minimum atomic E-state index is -1.60. The molecule has 0 atom stereocenters. The van der Waals surface area contributed by atoms with Crippen LogP contribution in [0.4, 0.5) is 4.39 Å². The summed E-state index contributed by atoms with van der Waals surface area (Å²) < 4.78 is 19.4. The first-order valence-corrected chi connectivity index (χ1v) is 8.59. The molecular formula is C20H17FN4O5. The number of carboxylic acid groups (broad SMARTS) is 1. The quantitative estimate of drug-likeness (QED) is 0.501. The van der Waals surface area contributed by atoms with Gasteiger partial charge in [0.25, 0.3) is 11.8 Å². The molecule has 0 aliphatic heterocycles. The molecule has 0 radical (unpaired) electrons. The van der Waals surface area contributed by atoms with Gasteiger partial charge in [0.15, 0.2) is 0 Å². The van der Waals surface area contributed by atoms with E-state index in [1.54, 1.807) is 6.08 Å². The van der Waals surface area contributed by atoms with Gasteiger partial charge in [-0.15, -0.1) is 0 Å². The van der Waals surface area contributed by atoms with Crippen LogP contribution >= 0.6 is 0 Å². The van der Waals surface area contributed by atoms with Crippen molar-refractivity contribution in [1.82, 2.24) is 9.78 Å². The Hall–Kier alpha value is -4.21. The summed E-state index contributed by atoms with van der Waals surface area (Å²) in [5, 5.41) is 14.0. The molecule has 5 N–H and O–H groups in total. The number of aromatic carboxylic acids is 1. The molecule has 0 aliphatic carbocycles. The van der Waals surface area contributed by atoms with Gasteiger partial charge in [0.2, 0.25) is 6.04 Å². The molecule has 0 fully saturated rings. The highest BCUT2D eigenvalue weighted by atomic mass is 19.1. The van der Waals surface area contributed by atoms with Crippen molar-refractivity contribution >= 4 is 40.8 Å².